The molecule has 0 saturated heterocycles. The Balaban J connectivity index is 2.38. The number of carbonyl (C=O) groups is 1. The smallest absolute Gasteiger partial charge is 0.315 e. The molecule has 22 heavy (non-hydrogen) atoms. The van der Waals surface area contributed by atoms with Gasteiger partial charge in [-0.3, -0.25) is 4.79 Å². The Bertz CT molecular complexity index is 478. The van der Waals surface area contributed by atoms with Gasteiger partial charge in [0.25, 0.3) is 6.43 Å². The van der Waals surface area contributed by atoms with Crippen molar-refractivity contribution in [2.45, 2.75) is 51.4 Å². The zero-order chi connectivity index (χ0) is 16.1. The highest BCUT2D eigenvalue weighted by Crippen LogP contribution is 2.43. The Hall–Kier alpha value is -1.45. The number of alkyl halides is 2. The van der Waals surface area contributed by atoms with E-state index < -0.39 is 24.2 Å². The number of esters is 1. The molecule has 0 bridgehead atoms. The average Bonchev–Trinajstić information content (AvgIpc) is 2.53. The van der Waals surface area contributed by atoms with E-state index in [-0.39, 0.29) is 5.92 Å². The van der Waals surface area contributed by atoms with Crippen LogP contribution in [0.3, 0.4) is 0 Å². The van der Waals surface area contributed by atoms with Crippen molar-refractivity contribution >= 4 is 5.97 Å². The molecule has 2 atom stereocenters. The van der Waals surface area contributed by atoms with Crippen molar-refractivity contribution in [2.24, 2.45) is 11.8 Å². The third kappa shape index (κ3) is 3.84. The predicted octanol–water partition coefficient (Wildman–Crippen LogP) is 4.71. The second-order valence-electron chi connectivity index (χ2n) is 6.22. The zero-order valence-electron chi connectivity index (χ0n) is 13.2. The maximum Gasteiger partial charge on any atom is 0.315 e. The van der Waals surface area contributed by atoms with Gasteiger partial charge >= 0.3 is 5.97 Å². The van der Waals surface area contributed by atoms with Crippen LogP contribution < -0.4 is 0 Å². The summed E-state index contributed by atoms with van der Waals surface area (Å²) in [5.74, 6) is -2.52. The van der Waals surface area contributed by atoms with Crippen LogP contribution in [0.5, 0.6) is 0 Å². The Labute approximate surface area is 130 Å². The topological polar surface area (TPSA) is 26.3 Å². The Kier molecular flexibility index (Phi) is 5.92. The first-order valence-corrected chi connectivity index (χ1v) is 7.97. The van der Waals surface area contributed by atoms with Crippen LogP contribution in [0.4, 0.5) is 8.78 Å². The lowest BCUT2D eigenvalue weighted by atomic mass is 9.71. The number of halogens is 2. The number of methoxy groups -OCH3 is 1. The summed E-state index contributed by atoms with van der Waals surface area (Å²) in [7, 11) is 1.19. The summed E-state index contributed by atoms with van der Waals surface area (Å²) in [4.78, 5) is 12.0. The molecule has 0 amide bonds. The molecule has 1 aliphatic rings. The number of ether oxygens (including phenoxy) is 1. The van der Waals surface area contributed by atoms with E-state index in [0.717, 1.165) is 43.2 Å². The van der Waals surface area contributed by atoms with Gasteiger partial charge < -0.3 is 4.74 Å². The normalized spacial score (nSPS) is 19.0. The first-order chi connectivity index (χ1) is 10.5. The number of rotatable bonds is 5. The minimum Gasteiger partial charge on any atom is -0.469 e. The fraction of sp³-hybridized carbons (Fsp3) is 0.611. The lowest BCUT2D eigenvalue weighted by Gasteiger charge is -2.34. The first kappa shape index (κ1) is 16.9. The highest BCUT2D eigenvalue weighted by Gasteiger charge is 2.42. The van der Waals surface area contributed by atoms with Gasteiger partial charge in [-0.1, -0.05) is 49.1 Å². The van der Waals surface area contributed by atoms with Gasteiger partial charge in [0.05, 0.1) is 7.11 Å². The van der Waals surface area contributed by atoms with Crippen molar-refractivity contribution in [1.29, 1.82) is 0 Å². The predicted molar refractivity (Wildman–Crippen MR) is 82.0 cm³/mol. The van der Waals surface area contributed by atoms with Crippen molar-refractivity contribution in [3.8, 4) is 0 Å². The molecule has 2 unspecified atom stereocenters. The standard InChI is InChI=1S/C18H24F2O2/c1-12-8-10-14(11-9-12)15(13-6-4-3-5-7-13)16(17(19)20)18(21)22-2/h8-11,13,15-17H,3-7H2,1-2H3. The van der Waals surface area contributed by atoms with Gasteiger partial charge in [-0.25, -0.2) is 8.78 Å². The minimum atomic E-state index is -2.71. The van der Waals surface area contributed by atoms with E-state index >= 15 is 0 Å². The van der Waals surface area contributed by atoms with Gasteiger partial charge in [-0.05, 0) is 31.2 Å². The maximum absolute atomic E-state index is 13.6. The van der Waals surface area contributed by atoms with Crippen LogP contribution in [0, 0.1) is 18.8 Å². The molecule has 0 N–H and O–H groups in total. The molecule has 0 radical (unpaired) electrons. The van der Waals surface area contributed by atoms with Crippen LogP contribution in [0.25, 0.3) is 0 Å². The molecule has 0 aliphatic heterocycles. The van der Waals surface area contributed by atoms with E-state index in [1.54, 1.807) is 0 Å². The Morgan fingerprint density at radius 3 is 2.23 bits per heavy atom. The third-order valence-corrected chi connectivity index (χ3v) is 4.75. The monoisotopic (exact) mass is 310 g/mol. The van der Waals surface area contributed by atoms with Gasteiger partial charge in [0.2, 0.25) is 0 Å². The third-order valence-electron chi connectivity index (χ3n) is 4.75. The van der Waals surface area contributed by atoms with E-state index in [1.165, 1.54) is 7.11 Å². The van der Waals surface area contributed by atoms with Crippen molar-refractivity contribution < 1.29 is 18.3 Å². The van der Waals surface area contributed by atoms with Gasteiger partial charge in [0.1, 0.15) is 5.92 Å². The molecule has 0 heterocycles. The summed E-state index contributed by atoms with van der Waals surface area (Å²) in [6.45, 7) is 1.96. The number of hydrogen-bond acceptors (Lipinski definition) is 2. The lowest BCUT2D eigenvalue weighted by molar-refractivity contribution is -0.153. The van der Waals surface area contributed by atoms with Crippen LogP contribution in [-0.2, 0) is 9.53 Å². The van der Waals surface area contributed by atoms with Gasteiger partial charge in [0.15, 0.2) is 0 Å². The molecule has 1 fully saturated rings. The van der Waals surface area contributed by atoms with Crippen molar-refractivity contribution in [3.05, 3.63) is 35.4 Å². The minimum absolute atomic E-state index is 0.120. The van der Waals surface area contributed by atoms with Crippen LogP contribution in [0.2, 0.25) is 0 Å². The number of aryl methyl sites for hydroxylation is 1. The number of hydrogen-bond donors (Lipinski definition) is 0. The molecular weight excluding hydrogens is 286 g/mol. The molecule has 1 aromatic carbocycles. The van der Waals surface area contributed by atoms with E-state index in [1.807, 2.05) is 31.2 Å². The van der Waals surface area contributed by atoms with E-state index in [9.17, 15) is 13.6 Å². The molecular formula is C18H24F2O2. The number of benzene rings is 1. The summed E-state index contributed by atoms with van der Waals surface area (Å²) < 4.78 is 31.9. The van der Waals surface area contributed by atoms with Gasteiger partial charge in [0, 0.05) is 5.92 Å². The summed E-state index contributed by atoms with van der Waals surface area (Å²) >= 11 is 0. The maximum atomic E-state index is 13.6. The van der Waals surface area contributed by atoms with Crippen LogP contribution >= 0.6 is 0 Å². The first-order valence-electron chi connectivity index (χ1n) is 7.97. The van der Waals surface area contributed by atoms with Crippen LogP contribution in [0.1, 0.15) is 49.1 Å². The second-order valence-corrected chi connectivity index (χ2v) is 6.22. The molecule has 122 valence electrons. The molecule has 1 aliphatic carbocycles. The Morgan fingerprint density at radius 2 is 1.73 bits per heavy atom. The van der Waals surface area contributed by atoms with Crippen molar-refractivity contribution in [3.63, 3.8) is 0 Å². The molecule has 4 heteroatoms. The molecule has 0 spiro atoms. The summed E-state index contributed by atoms with van der Waals surface area (Å²) in [6.07, 6.45) is 2.33. The summed E-state index contributed by atoms with van der Waals surface area (Å²) in [5.41, 5.74) is 1.91. The summed E-state index contributed by atoms with van der Waals surface area (Å²) in [6, 6.07) is 7.61. The van der Waals surface area contributed by atoms with E-state index in [2.05, 4.69) is 4.74 Å². The fourth-order valence-electron chi connectivity index (χ4n) is 3.60. The molecule has 2 nitrogen and oxygen atoms in total. The number of carbonyl (C=O) groups excluding carboxylic acids is 1. The lowest BCUT2D eigenvalue weighted by Crippen LogP contribution is -2.35. The SMILES string of the molecule is COC(=O)C(C(F)F)C(c1ccc(C)cc1)C1CCCCC1. The van der Waals surface area contributed by atoms with Crippen molar-refractivity contribution in [1.82, 2.24) is 0 Å². The van der Waals surface area contributed by atoms with Crippen LogP contribution in [0.15, 0.2) is 24.3 Å². The molecule has 1 saturated carbocycles. The van der Waals surface area contributed by atoms with Crippen LogP contribution in [-0.4, -0.2) is 19.5 Å². The largest absolute Gasteiger partial charge is 0.469 e. The van der Waals surface area contributed by atoms with Gasteiger partial charge in [-0.2, -0.15) is 0 Å². The van der Waals surface area contributed by atoms with E-state index in [4.69, 9.17) is 0 Å². The molecule has 0 aromatic heterocycles. The highest BCUT2D eigenvalue weighted by molar-refractivity contribution is 5.74. The molecule has 1 aromatic rings. The Morgan fingerprint density at radius 1 is 1.14 bits per heavy atom. The highest BCUT2D eigenvalue weighted by atomic mass is 19.3. The van der Waals surface area contributed by atoms with Crippen molar-refractivity contribution in [2.75, 3.05) is 7.11 Å². The quantitative estimate of drug-likeness (QED) is 0.736. The average molecular weight is 310 g/mol. The van der Waals surface area contributed by atoms with Gasteiger partial charge in [-0.15, -0.1) is 0 Å². The zero-order valence-corrected chi connectivity index (χ0v) is 13.2. The fourth-order valence-corrected chi connectivity index (χ4v) is 3.60. The molecule has 2 rings (SSSR count). The van der Waals surface area contributed by atoms with E-state index in [0.29, 0.717) is 0 Å². The summed E-state index contributed by atoms with van der Waals surface area (Å²) in [5, 5.41) is 0. The second kappa shape index (κ2) is 7.70.